The van der Waals surface area contributed by atoms with Gasteiger partial charge < -0.3 is 14.9 Å². The Labute approximate surface area is 177 Å². The van der Waals surface area contributed by atoms with Crippen molar-refractivity contribution in [3.05, 3.63) is 81.3 Å². The Hall–Kier alpha value is -3.32. The smallest absolute Gasteiger partial charge is 0.306 e. The van der Waals surface area contributed by atoms with Crippen molar-refractivity contribution in [3.63, 3.8) is 0 Å². The van der Waals surface area contributed by atoms with Crippen LogP contribution < -0.4 is 10.9 Å². The first-order valence-electron chi connectivity index (χ1n) is 9.39. The number of aromatic amines is 1. The molecular formula is C22H21ClN2O5. The van der Waals surface area contributed by atoms with Gasteiger partial charge in [-0.1, -0.05) is 54.9 Å². The summed E-state index contributed by atoms with van der Waals surface area (Å²) in [5.74, 6) is -2.33. The lowest BCUT2D eigenvalue weighted by Crippen LogP contribution is -2.38. The van der Waals surface area contributed by atoms with Crippen molar-refractivity contribution in [2.45, 2.75) is 25.8 Å². The highest BCUT2D eigenvalue weighted by Crippen LogP contribution is 2.23. The predicted molar refractivity (Wildman–Crippen MR) is 113 cm³/mol. The van der Waals surface area contributed by atoms with Crippen LogP contribution in [-0.2, 0) is 11.2 Å². The van der Waals surface area contributed by atoms with E-state index in [1.165, 1.54) is 0 Å². The first kappa shape index (κ1) is 21.4. The maximum Gasteiger partial charge on any atom is 0.306 e. The van der Waals surface area contributed by atoms with Gasteiger partial charge in [0.1, 0.15) is 0 Å². The summed E-state index contributed by atoms with van der Waals surface area (Å²) in [6, 6.07) is 15.9. The molecule has 0 fully saturated rings. The zero-order chi connectivity index (χ0) is 21.7. The van der Waals surface area contributed by atoms with E-state index in [2.05, 4.69) is 10.5 Å². The fraction of sp³-hybridized carbons (Fsp3) is 0.227. The minimum absolute atomic E-state index is 0.149. The molecule has 0 unspecified atom stereocenters. The molecule has 0 radical (unpaired) electrons. The molecule has 0 aliphatic carbocycles. The monoisotopic (exact) mass is 428 g/mol. The number of benzene rings is 2. The molecule has 0 saturated carbocycles. The number of carboxylic acid groups (broad SMARTS) is 1. The first-order chi connectivity index (χ1) is 14.3. The summed E-state index contributed by atoms with van der Waals surface area (Å²) < 4.78 is 4.83. The first-order valence-corrected chi connectivity index (χ1v) is 9.76. The van der Waals surface area contributed by atoms with E-state index in [1.54, 1.807) is 6.92 Å². The van der Waals surface area contributed by atoms with Crippen molar-refractivity contribution in [2.75, 3.05) is 0 Å². The molecule has 30 heavy (non-hydrogen) atoms. The number of carbonyl (C=O) groups excluding carboxylic acids is 1. The van der Waals surface area contributed by atoms with E-state index in [0.29, 0.717) is 11.4 Å². The van der Waals surface area contributed by atoms with Gasteiger partial charge in [0.15, 0.2) is 0 Å². The number of H-pyrrole nitrogens is 1. The molecule has 7 nitrogen and oxygen atoms in total. The van der Waals surface area contributed by atoms with Crippen molar-refractivity contribution >= 4 is 23.5 Å². The number of carbonyl (C=O) groups is 2. The van der Waals surface area contributed by atoms with Gasteiger partial charge in [0.2, 0.25) is 5.76 Å². The predicted octanol–water partition coefficient (Wildman–Crippen LogP) is 3.74. The van der Waals surface area contributed by atoms with Crippen LogP contribution in [0.5, 0.6) is 0 Å². The van der Waals surface area contributed by atoms with Gasteiger partial charge in [0.25, 0.3) is 11.5 Å². The Bertz CT molecular complexity index is 1090. The summed E-state index contributed by atoms with van der Waals surface area (Å²) in [5, 5.41) is 14.7. The highest BCUT2D eigenvalue weighted by atomic mass is 35.5. The lowest BCUT2D eigenvalue weighted by atomic mass is 9.95. The molecule has 156 valence electrons. The summed E-state index contributed by atoms with van der Waals surface area (Å²) in [4.78, 5) is 34.8. The Morgan fingerprint density at radius 2 is 1.87 bits per heavy atom. The molecule has 3 rings (SSSR count). The summed E-state index contributed by atoms with van der Waals surface area (Å²) in [6.07, 6.45) is 0.652. The van der Waals surface area contributed by atoms with Gasteiger partial charge in [-0.25, -0.2) is 0 Å². The molecule has 2 atom stereocenters. The van der Waals surface area contributed by atoms with Gasteiger partial charge in [-0.2, -0.15) is 5.16 Å². The molecule has 1 heterocycles. The zero-order valence-corrected chi connectivity index (χ0v) is 17.0. The number of rotatable bonds is 8. The quantitative estimate of drug-likeness (QED) is 0.506. The summed E-state index contributed by atoms with van der Waals surface area (Å²) >= 11 is 6.05. The lowest BCUT2D eigenvalue weighted by Gasteiger charge is -2.20. The number of nitrogens with one attached hydrogen (secondary N) is 2. The zero-order valence-electron chi connectivity index (χ0n) is 16.2. The SMILES string of the molecule is C[C@H](C[C@@H](Cc1ccc(-c2cccc(Cl)c2)cc1)NC(=O)c1cc(=O)[nH]o1)C(=O)O. The second-order valence-corrected chi connectivity index (χ2v) is 7.57. The molecule has 0 spiro atoms. The molecule has 3 N–H and O–H groups in total. The average Bonchev–Trinajstić information content (AvgIpc) is 3.15. The van der Waals surface area contributed by atoms with E-state index >= 15 is 0 Å². The van der Waals surface area contributed by atoms with Crippen LogP contribution in [0.1, 0.15) is 29.5 Å². The lowest BCUT2D eigenvalue weighted by molar-refractivity contribution is -0.141. The highest BCUT2D eigenvalue weighted by Gasteiger charge is 2.22. The molecule has 1 amide bonds. The standard InChI is InChI=1S/C22H21ClN2O5/c1-13(22(28)29)9-18(24-21(27)19-12-20(26)25-30-19)10-14-5-7-15(8-6-14)16-3-2-4-17(23)11-16/h2-8,11-13,18H,9-10H2,1H3,(H,24,27)(H,25,26)(H,28,29)/t13-,18+/m1/s1. The van der Waals surface area contributed by atoms with Crippen LogP contribution in [0.15, 0.2) is 63.9 Å². The molecular weight excluding hydrogens is 408 g/mol. The number of hydrogen-bond acceptors (Lipinski definition) is 4. The fourth-order valence-electron chi connectivity index (χ4n) is 3.16. The third-order valence-corrected chi connectivity index (χ3v) is 4.97. The second kappa shape index (κ2) is 9.45. The van der Waals surface area contributed by atoms with Crippen LogP contribution in [0.2, 0.25) is 5.02 Å². The topological polar surface area (TPSA) is 112 Å². The van der Waals surface area contributed by atoms with Gasteiger partial charge in [0.05, 0.1) is 12.0 Å². The average molecular weight is 429 g/mol. The van der Waals surface area contributed by atoms with E-state index < -0.39 is 29.4 Å². The number of aliphatic carboxylic acids is 1. The molecule has 0 aliphatic heterocycles. The van der Waals surface area contributed by atoms with Gasteiger partial charge in [-0.15, -0.1) is 0 Å². The van der Waals surface area contributed by atoms with E-state index in [9.17, 15) is 19.5 Å². The van der Waals surface area contributed by atoms with Crippen molar-refractivity contribution in [2.24, 2.45) is 5.92 Å². The van der Waals surface area contributed by atoms with E-state index in [4.69, 9.17) is 16.1 Å². The van der Waals surface area contributed by atoms with Crippen LogP contribution in [0, 0.1) is 5.92 Å². The Balaban J connectivity index is 1.75. The molecule has 0 aliphatic rings. The number of amides is 1. The number of carboxylic acids is 1. The molecule has 8 heteroatoms. The van der Waals surface area contributed by atoms with E-state index in [1.807, 2.05) is 48.5 Å². The Morgan fingerprint density at radius 1 is 1.13 bits per heavy atom. The molecule has 0 bridgehead atoms. The Kier molecular flexibility index (Phi) is 6.74. The molecule has 0 saturated heterocycles. The minimum Gasteiger partial charge on any atom is -0.481 e. The van der Waals surface area contributed by atoms with Gasteiger partial charge in [0, 0.05) is 11.1 Å². The van der Waals surface area contributed by atoms with Crippen LogP contribution in [-0.4, -0.2) is 28.2 Å². The summed E-state index contributed by atoms with van der Waals surface area (Å²) in [5.41, 5.74) is 2.39. The number of halogens is 1. The Morgan fingerprint density at radius 3 is 2.47 bits per heavy atom. The van der Waals surface area contributed by atoms with Gasteiger partial charge >= 0.3 is 5.97 Å². The van der Waals surface area contributed by atoms with Crippen LogP contribution >= 0.6 is 11.6 Å². The van der Waals surface area contributed by atoms with E-state index in [0.717, 1.165) is 22.8 Å². The summed E-state index contributed by atoms with van der Waals surface area (Å²) in [6.45, 7) is 1.58. The highest BCUT2D eigenvalue weighted by molar-refractivity contribution is 6.30. The van der Waals surface area contributed by atoms with Crippen LogP contribution in [0.25, 0.3) is 11.1 Å². The van der Waals surface area contributed by atoms with Crippen molar-refractivity contribution < 1.29 is 19.2 Å². The molecule has 3 aromatic rings. The third-order valence-electron chi connectivity index (χ3n) is 4.74. The third kappa shape index (κ3) is 5.61. The fourth-order valence-corrected chi connectivity index (χ4v) is 3.35. The van der Waals surface area contributed by atoms with Crippen molar-refractivity contribution in [3.8, 4) is 11.1 Å². The maximum atomic E-state index is 12.4. The summed E-state index contributed by atoms with van der Waals surface area (Å²) in [7, 11) is 0. The van der Waals surface area contributed by atoms with Gasteiger partial charge in [-0.05, 0) is 41.7 Å². The molecule has 1 aromatic heterocycles. The van der Waals surface area contributed by atoms with E-state index in [-0.39, 0.29) is 12.2 Å². The van der Waals surface area contributed by atoms with Gasteiger partial charge in [-0.3, -0.25) is 14.4 Å². The largest absolute Gasteiger partial charge is 0.481 e. The maximum absolute atomic E-state index is 12.4. The number of aromatic nitrogens is 1. The minimum atomic E-state index is -0.946. The van der Waals surface area contributed by atoms with Crippen LogP contribution in [0.4, 0.5) is 0 Å². The number of hydrogen-bond donors (Lipinski definition) is 3. The molecule has 2 aromatic carbocycles. The van der Waals surface area contributed by atoms with Crippen LogP contribution in [0.3, 0.4) is 0 Å². The van der Waals surface area contributed by atoms with Crippen molar-refractivity contribution in [1.82, 2.24) is 10.5 Å². The normalized spacial score (nSPS) is 12.9. The second-order valence-electron chi connectivity index (χ2n) is 7.13. The van der Waals surface area contributed by atoms with Crippen molar-refractivity contribution in [1.29, 1.82) is 0 Å².